The van der Waals surface area contributed by atoms with E-state index >= 15 is 0 Å². The van der Waals surface area contributed by atoms with Gasteiger partial charge in [0.2, 0.25) is 0 Å². The van der Waals surface area contributed by atoms with E-state index in [1.165, 1.54) is 0 Å². The zero-order valence-corrected chi connectivity index (χ0v) is 18.3. The number of hydrogen-bond acceptors (Lipinski definition) is 5. The molecule has 0 bridgehead atoms. The Balaban J connectivity index is 2.18. The van der Waals surface area contributed by atoms with Crippen LogP contribution < -0.4 is 14.8 Å². The highest BCUT2D eigenvalue weighted by Crippen LogP contribution is 2.33. The van der Waals surface area contributed by atoms with E-state index in [2.05, 4.69) is 30.6 Å². The van der Waals surface area contributed by atoms with Crippen LogP contribution >= 0.6 is 0 Å². The van der Waals surface area contributed by atoms with Crippen molar-refractivity contribution in [1.29, 1.82) is 0 Å². The van der Waals surface area contributed by atoms with E-state index in [-0.39, 0.29) is 5.91 Å². The number of benzene rings is 1. The first-order chi connectivity index (χ1) is 14.1. The number of carbonyl (C=O) groups is 1. The first-order valence-electron chi connectivity index (χ1n) is 10.5. The van der Waals surface area contributed by atoms with Crippen LogP contribution in [0.15, 0.2) is 24.8 Å². The zero-order chi connectivity index (χ0) is 21.2. The second-order valence-corrected chi connectivity index (χ2v) is 7.37. The lowest BCUT2D eigenvalue weighted by atomic mass is 9.92. The number of ether oxygens (including phenoxy) is 3. The van der Waals surface area contributed by atoms with Crippen molar-refractivity contribution in [1.82, 2.24) is 10.2 Å². The average Bonchev–Trinajstić information content (AvgIpc) is 2.76. The molecule has 0 aromatic heterocycles. The van der Waals surface area contributed by atoms with Crippen molar-refractivity contribution in [2.24, 2.45) is 5.92 Å². The fourth-order valence-electron chi connectivity index (χ4n) is 4.12. The zero-order valence-electron chi connectivity index (χ0n) is 18.3. The Morgan fingerprint density at radius 1 is 1.24 bits per heavy atom. The van der Waals surface area contributed by atoms with Crippen molar-refractivity contribution in [3.05, 3.63) is 35.9 Å². The topological polar surface area (TPSA) is 60.0 Å². The number of nitrogens with one attached hydrogen (secondary N) is 1. The van der Waals surface area contributed by atoms with E-state index in [0.717, 1.165) is 44.7 Å². The van der Waals surface area contributed by atoms with Crippen molar-refractivity contribution in [2.45, 2.75) is 39.2 Å². The number of hydrogen-bond donors (Lipinski definition) is 1. The molecule has 0 spiro atoms. The molecule has 1 aromatic rings. The highest BCUT2D eigenvalue weighted by molar-refractivity contribution is 5.95. The summed E-state index contributed by atoms with van der Waals surface area (Å²) in [5.41, 5.74) is 1.46. The number of amides is 1. The van der Waals surface area contributed by atoms with E-state index in [9.17, 15) is 4.79 Å². The molecule has 1 aliphatic heterocycles. The van der Waals surface area contributed by atoms with Crippen molar-refractivity contribution < 1.29 is 19.0 Å². The molecule has 2 rings (SSSR count). The number of rotatable bonds is 11. The summed E-state index contributed by atoms with van der Waals surface area (Å²) in [5, 5.41) is 3.16. The molecule has 0 saturated carbocycles. The lowest BCUT2D eigenvalue weighted by Crippen LogP contribution is -2.52. The van der Waals surface area contributed by atoms with Gasteiger partial charge in [0, 0.05) is 36.8 Å². The third kappa shape index (κ3) is 5.97. The van der Waals surface area contributed by atoms with Crippen LogP contribution in [0.25, 0.3) is 0 Å². The minimum atomic E-state index is -0.0968. The Kier molecular flexibility index (Phi) is 9.48. The van der Waals surface area contributed by atoms with Gasteiger partial charge >= 0.3 is 0 Å². The predicted octanol–water partition coefficient (Wildman–Crippen LogP) is 3.30. The van der Waals surface area contributed by atoms with Crippen LogP contribution in [-0.2, 0) is 11.2 Å². The van der Waals surface area contributed by atoms with Gasteiger partial charge in [-0.1, -0.05) is 32.8 Å². The average molecular weight is 405 g/mol. The highest BCUT2D eigenvalue weighted by atomic mass is 16.5. The summed E-state index contributed by atoms with van der Waals surface area (Å²) < 4.78 is 16.4. The number of morpholine rings is 1. The molecule has 1 fully saturated rings. The van der Waals surface area contributed by atoms with Crippen LogP contribution in [0.5, 0.6) is 11.5 Å². The minimum Gasteiger partial charge on any atom is -0.493 e. The van der Waals surface area contributed by atoms with Gasteiger partial charge in [-0.25, -0.2) is 0 Å². The van der Waals surface area contributed by atoms with Crippen molar-refractivity contribution in [3.8, 4) is 11.5 Å². The third-order valence-electron chi connectivity index (χ3n) is 5.76. The molecule has 1 aliphatic rings. The fraction of sp³-hybridized carbons (Fsp3) is 0.609. The monoisotopic (exact) mass is 404 g/mol. The lowest BCUT2D eigenvalue weighted by Gasteiger charge is -2.38. The molecule has 1 N–H and O–H groups in total. The standard InChI is InChI=1S/C23H36N2O4/c1-6-9-18-14-19(15-21(27-4)22(18)28-5)23(26)24-16-20(17(7-2)8-3)25-10-12-29-13-11-25/h6,14-15,17,20H,1,7-13,16H2,2-5H3,(H,24,26). The summed E-state index contributed by atoms with van der Waals surface area (Å²) in [6, 6.07) is 3.91. The van der Waals surface area contributed by atoms with E-state index in [1.807, 2.05) is 6.07 Å². The molecule has 6 heteroatoms. The smallest absolute Gasteiger partial charge is 0.251 e. The Morgan fingerprint density at radius 3 is 2.48 bits per heavy atom. The summed E-state index contributed by atoms with van der Waals surface area (Å²) >= 11 is 0. The normalized spacial score (nSPS) is 15.8. The quantitative estimate of drug-likeness (QED) is 0.574. The largest absolute Gasteiger partial charge is 0.493 e. The molecule has 29 heavy (non-hydrogen) atoms. The second kappa shape index (κ2) is 11.8. The molecule has 0 aliphatic carbocycles. The molecule has 162 valence electrons. The van der Waals surface area contributed by atoms with Gasteiger partial charge in [-0.05, 0) is 24.5 Å². The van der Waals surface area contributed by atoms with Gasteiger partial charge in [0.1, 0.15) is 0 Å². The Bertz CT molecular complexity index is 667. The molecule has 1 aromatic carbocycles. The number of nitrogens with zero attached hydrogens (tertiary/aromatic N) is 1. The van der Waals surface area contributed by atoms with Gasteiger partial charge in [0.05, 0.1) is 27.4 Å². The first-order valence-corrected chi connectivity index (χ1v) is 10.5. The van der Waals surface area contributed by atoms with Crippen LogP contribution in [0.3, 0.4) is 0 Å². The van der Waals surface area contributed by atoms with Crippen LogP contribution in [-0.4, -0.2) is 63.9 Å². The predicted molar refractivity (Wildman–Crippen MR) is 116 cm³/mol. The SMILES string of the molecule is C=CCc1cc(C(=O)NCC(C(CC)CC)N2CCOCC2)cc(OC)c1OC. The lowest BCUT2D eigenvalue weighted by molar-refractivity contribution is 0.00191. The van der Waals surface area contributed by atoms with E-state index in [4.69, 9.17) is 14.2 Å². The Morgan fingerprint density at radius 2 is 1.93 bits per heavy atom. The molecule has 1 amide bonds. The van der Waals surface area contributed by atoms with Crippen molar-refractivity contribution >= 4 is 5.91 Å². The highest BCUT2D eigenvalue weighted by Gasteiger charge is 2.27. The van der Waals surface area contributed by atoms with Crippen LogP contribution in [0.2, 0.25) is 0 Å². The van der Waals surface area contributed by atoms with Gasteiger partial charge in [0.25, 0.3) is 5.91 Å². The van der Waals surface area contributed by atoms with Gasteiger partial charge in [0.15, 0.2) is 11.5 Å². The van der Waals surface area contributed by atoms with Crippen molar-refractivity contribution in [2.75, 3.05) is 47.1 Å². The molecular formula is C23H36N2O4. The summed E-state index contributed by atoms with van der Waals surface area (Å²) in [6.45, 7) is 12.2. The summed E-state index contributed by atoms with van der Waals surface area (Å²) in [5.74, 6) is 1.64. The van der Waals surface area contributed by atoms with Gasteiger partial charge in [-0.3, -0.25) is 9.69 Å². The molecule has 0 radical (unpaired) electrons. The second-order valence-electron chi connectivity index (χ2n) is 7.37. The maximum absolute atomic E-state index is 13.0. The third-order valence-corrected chi connectivity index (χ3v) is 5.76. The molecular weight excluding hydrogens is 368 g/mol. The van der Waals surface area contributed by atoms with E-state index in [0.29, 0.717) is 42.0 Å². The number of methoxy groups -OCH3 is 2. The summed E-state index contributed by atoms with van der Waals surface area (Å²) in [7, 11) is 3.19. The number of carbonyl (C=O) groups excluding carboxylic acids is 1. The molecule has 1 saturated heterocycles. The molecule has 6 nitrogen and oxygen atoms in total. The Hall–Kier alpha value is -2.05. The maximum atomic E-state index is 13.0. The summed E-state index contributed by atoms with van der Waals surface area (Å²) in [6.07, 6.45) is 4.58. The molecule has 1 atom stereocenters. The van der Waals surface area contributed by atoms with Gasteiger partial charge in [-0.15, -0.1) is 6.58 Å². The first kappa shape index (κ1) is 23.2. The van der Waals surface area contributed by atoms with Crippen LogP contribution in [0, 0.1) is 5.92 Å². The fourth-order valence-corrected chi connectivity index (χ4v) is 4.12. The van der Waals surface area contributed by atoms with Gasteiger partial charge < -0.3 is 19.5 Å². The minimum absolute atomic E-state index is 0.0968. The maximum Gasteiger partial charge on any atom is 0.251 e. The molecule has 1 heterocycles. The molecule has 1 unspecified atom stereocenters. The Labute approximate surface area is 175 Å². The van der Waals surface area contributed by atoms with E-state index in [1.54, 1.807) is 26.4 Å². The van der Waals surface area contributed by atoms with E-state index < -0.39 is 0 Å². The number of allylic oxidation sites excluding steroid dienone is 1. The van der Waals surface area contributed by atoms with Gasteiger partial charge in [-0.2, -0.15) is 0 Å². The van der Waals surface area contributed by atoms with Crippen LogP contribution in [0.1, 0.15) is 42.6 Å². The van der Waals surface area contributed by atoms with Crippen LogP contribution in [0.4, 0.5) is 0 Å². The summed E-state index contributed by atoms with van der Waals surface area (Å²) in [4.78, 5) is 15.4. The van der Waals surface area contributed by atoms with Crippen molar-refractivity contribution in [3.63, 3.8) is 0 Å².